The monoisotopic (exact) mass is 360 g/mol. The molecule has 150 valence electrons. The molecule has 0 aliphatic carbocycles. The highest BCUT2D eigenvalue weighted by Gasteiger charge is 1.79. The zero-order valence-electron chi connectivity index (χ0n) is 17.9. The highest BCUT2D eigenvalue weighted by atomic mass is 16.5. The van der Waals surface area contributed by atoms with Gasteiger partial charge in [0.05, 0.1) is 13.2 Å². The summed E-state index contributed by atoms with van der Waals surface area (Å²) in [6.45, 7) is 12.1. The first-order valence-electron chi connectivity index (χ1n) is 8.15. The third-order valence-corrected chi connectivity index (χ3v) is 1.71. The molecule has 0 radical (unpaired) electrons. The molecule has 1 N–H and O–H groups in total. The van der Waals surface area contributed by atoms with Crippen molar-refractivity contribution < 1.29 is 24.1 Å². The molecule has 1 rings (SSSR count). The molecule has 1 aromatic rings. The molecule has 0 fully saturated rings. The number of Topliss-reactive ketones (excluding diaryl/α,β-unsaturated/α-hetero) is 1. The number of carbonyl (C=O) groups excluding carboxylic acids is 1. The van der Waals surface area contributed by atoms with Gasteiger partial charge in [-0.25, -0.2) is 0 Å². The van der Waals surface area contributed by atoms with Crippen molar-refractivity contribution in [2.45, 2.75) is 47.6 Å². The summed E-state index contributed by atoms with van der Waals surface area (Å²) in [6, 6.07) is 8.48. The Hall–Kier alpha value is -1.27. The van der Waals surface area contributed by atoms with E-state index in [2.05, 4.69) is 52.3 Å². The van der Waals surface area contributed by atoms with E-state index in [0.717, 1.165) is 0 Å². The van der Waals surface area contributed by atoms with Crippen molar-refractivity contribution in [3.63, 3.8) is 0 Å². The molecule has 0 spiro atoms. The molecule has 5 heteroatoms. The maximum Gasteiger partial charge on any atom is 0.126 e. The largest absolute Gasteiger partial charge is 0.394 e. The van der Waals surface area contributed by atoms with Gasteiger partial charge in [0.15, 0.2) is 0 Å². The van der Waals surface area contributed by atoms with Gasteiger partial charge in [-0.1, -0.05) is 35.4 Å². The average molecular weight is 361 g/mol. The average Bonchev–Trinajstić information content (AvgIpc) is 2.48. The topological polar surface area (TPSA) is 65.0 Å². The van der Waals surface area contributed by atoms with Crippen molar-refractivity contribution in [3.8, 4) is 0 Å². The van der Waals surface area contributed by atoms with Crippen LogP contribution in [0.5, 0.6) is 0 Å². The minimum atomic E-state index is -0.167. The Morgan fingerprint density at radius 2 is 1.04 bits per heavy atom. The van der Waals surface area contributed by atoms with E-state index >= 15 is 0 Å². The zero-order chi connectivity index (χ0) is 20.7. The second kappa shape index (κ2) is 27.6. The van der Waals surface area contributed by atoms with E-state index in [4.69, 9.17) is 5.11 Å². The summed E-state index contributed by atoms with van der Waals surface area (Å²) in [5.74, 6) is 0.167. The first-order valence-corrected chi connectivity index (χ1v) is 8.15. The summed E-state index contributed by atoms with van der Waals surface area (Å²) in [7, 11) is 6.55. The lowest BCUT2D eigenvalue weighted by atomic mass is 10.2. The standard InChI is InChI=1S/C8H10.C4H10O2.C3H8O.C3H6O.C2H6O/c1-7-3-5-8(2)6-4-7;1-5-3-4-6-2;2*1-3(2)4;1-3-2/h3-6H,1-2H3;3-4H2,1-2H3;3-4H,1-2H3;1-2H3;1-2H3. The molecule has 5 nitrogen and oxygen atoms in total. The van der Waals surface area contributed by atoms with Gasteiger partial charge >= 0.3 is 0 Å². The van der Waals surface area contributed by atoms with Crippen molar-refractivity contribution in [1.82, 2.24) is 0 Å². The van der Waals surface area contributed by atoms with Crippen LogP contribution in [0.1, 0.15) is 38.8 Å². The minimum Gasteiger partial charge on any atom is -0.394 e. The molecule has 0 unspecified atom stereocenters. The summed E-state index contributed by atoms with van der Waals surface area (Å²) in [5.41, 5.74) is 2.66. The van der Waals surface area contributed by atoms with Gasteiger partial charge in [0.2, 0.25) is 0 Å². The van der Waals surface area contributed by atoms with E-state index in [-0.39, 0.29) is 11.9 Å². The first-order chi connectivity index (χ1) is 11.6. The van der Waals surface area contributed by atoms with Gasteiger partial charge in [0.1, 0.15) is 5.78 Å². The van der Waals surface area contributed by atoms with Crippen LogP contribution in [0.3, 0.4) is 0 Å². The number of carbonyl (C=O) groups is 1. The van der Waals surface area contributed by atoms with Crippen molar-refractivity contribution in [2.24, 2.45) is 0 Å². The molecule has 0 aliphatic heterocycles. The normalized spacial score (nSPS) is 8.32. The number of hydrogen-bond donors (Lipinski definition) is 1. The fourth-order valence-corrected chi connectivity index (χ4v) is 0.804. The molecule has 0 atom stereocenters. The first kappa shape index (κ1) is 31.5. The van der Waals surface area contributed by atoms with Crippen LogP contribution in [0.2, 0.25) is 0 Å². The number of aryl methyl sites for hydroxylation is 2. The maximum atomic E-state index is 9.44. The molecule has 0 saturated heterocycles. The Morgan fingerprint density at radius 3 is 1.16 bits per heavy atom. The van der Waals surface area contributed by atoms with Crippen LogP contribution in [-0.4, -0.2) is 58.6 Å². The Morgan fingerprint density at radius 1 is 0.880 bits per heavy atom. The third kappa shape index (κ3) is 71.0. The lowest BCUT2D eigenvalue weighted by Gasteiger charge is -1.91. The SMILES string of the molecule is CC(C)=O.CC(C)O.COC.COCCOC.Cc1ccc(C)cc1. The number of ketones is 1. The summed E-state index contributed by atoms with van der Waals surface area (Å²) in [6.07, 6.45) is -0.167. The fraction of sp³-hybridized carbons (Fsp3) is 0.650. The molecule has 0 amide bonds. The van der Waals surface area contributed by atoms with Crippen LogP contribution < -0.4 is 0 Å². The van der Waals surface area contributed by atoms with Crippen molar-refractivity contribution in [1.29, 1.82) is 0 Å². The lowest BCUT2D eigenvalue weighted by Crippen LogP contribution is -1.96. The second-order valence-corrected chi connectivity index (χ2v) is 5.55. The number of aliphatic hydroxyl groups excluding tert-OH is 1. The van der Waals surface area contributed by atoms with E-state index < -0.39 is 0 Å². The van der Waals surface area contributed by atoms with Gasteiger partial charge in [0.25, 0.3) is 0 Å². The summed E-state index contributed by atoms with van der Waals surface area (Å²) in [4.78, 5) is 9.44. The second-order valence-electron chi connectivity index (χ2n) is 5.55. The van der Waals surface area contributed by atoms with Gasteiger partial charge in [-0.15, -0.1) is 0 Å². The van der Waals surface area contributed by atoms with Gasteiger partial charge in [-0.3, -0.25) is 0 Å². The van der Waals surface area contributed by atoms with Crippen LogP contribution in [0.25, 0.3) is 0 Å². The number of aliphatic hydroxyl groups is 1. The van der Waals surface area contributed by atoms with Crippen molar-refractivity contribution >= 4 is 5.78 Å². The molecule has 0 heterocycles. The van der Waals surface area contributed by atoms with Gasteiger partial charge in [-0.05, 0) is 41.5 Å². The quantitative estimate of drug-likeness (QED) is 0.830. The molecule has 0 aromatic heterocycles. The summed E-state index contributed by atoms with van der Waals surface area (Å²) < 4.78 is 13.6. The fourth-order valence-electron chi connectivity index (χ4n) is 0.804. The van der Waals surface area contributed by atoms with Crippen LogP contribution >= 0.6 is 0 Å². The van der Waals surface area contributed by atoms with E-state index in [1.54, 1.807) is 42.3 Å². The van der Waals surface area contributed by atoms with Gasteiger partial charge in [-0.2, -0.15) is 0 Å². The molecule has 0 bridgehead atoms. The lowest BCUT2D eigenvalue weighted by molar-refractivity contribution is -0.114. The predicted molar refractivity (Wildman–Crippen MR) is 106 cm³/mol. The molecule has 0 aliphatic rings. The minimum absolute atomic E-state index is 0.167. The molecule has 25 heavy (non-hydrogen) atoms. The van der Waals surface area contributed by atoms with Crippen molar-refractivity contribution in [3.05, 3.63) is 35.4 Å². The predicted octanol–water partition coefficient (Wildman–Crippen LogP) is 3.83. The Kier molecular flexibility index (Phi) is 34.7. The van der Waals surface area contributed by atoms with E-state index in [0.29, 0.717) is 13.2 Å². The van der Waals surface area contributed by atoms with Crippen molar-refractivity contribution in [2.75, 3.05) is 41.7 Å². The number of ether oxygens (including phenoxy) is 3. The van der Waals surface area contributed by atoms with Crippen LogP contribution in [0.15, 0.2) is 24.3 Å². The molecule has 1 aromatic carbocycles. The number of rotatable bonds is 3. The summed E-state index contributed by atoms with van der Waals surface area (Å²) >= 11 is 0. The molecular formula is C20H40O5. The summed E-state index contributed by atoms with van der Waals surface area (Å²) in [5, 5.41) is 8.06. The number of methoxy groups -OCH3 is 3. The van der Waals surface area contributed by atoms with Crippen LogP contribution in [0.4, 0.5) is 0 Å². The molecule has 0 saturated carbocycles. The Bertz CT molecular complexity index is 316. The van der Waals surface area contributed by atoms with Gasteiger partial charge in [0, 0.05) is 34.5 Å². The Labute approximate surface area is 155 Å². The zero-order valence-corrected chi connectivity index (χ0v) is 17.9. The molecular weight excluding hydrogens is 320 g/mol. The highest BCUT2D eigenvalue weighted by Crippen LogP contribution is 1.99. The van der Waals surface area contributed by atoms with E-state index in [1.165, 1.54) is 25.0 Å². The Balaban J connectivity index is -0.000000117. The maximum absolute atomic E-state index is 9.44. The number of hydrogen-bond acceptors (Lipinski definition) is 5. The number of benzene rings is 1. The van der Waals surface area contributed by atoms with Crippen LogP contribution in [-0.2, 0) is 19.0 Å². The smallest absolute Gasteiger partial charge is 0.126 e. The highest BCUT2D eigenvalue weighted by molar-refractivity contribution is 5.72. The van der Waals surface area contributed by atoms with E-state index in [1.807, 2.05) is 0 Å². The van der Waals surface area contributed by atoms with Crippen LogP contribution in [0, 0.1) is 13.8 Å². The van der Waals surface area contributed by atoms with Gasteiger partial charge < -0.3 is 24.1 Å². The third-order valence-electron chi connectivity index (χ3n) is 1.71. The van der Waals surface area contributed by atoms with E-state index in [9.17, 15) is 4.79 Å².